The number of esters is 1. The molecule has 0 aromatic heterocycles. The number of carbonyl (C=O) groups excluding carboxylic acids is 1. The van der Waals surface area contributed by atoms with E-state index in [1.54, 1.807) is 25.3 Å². The fourth-order valence-electron chi connectivity index (χ4n) is 2.43. The van der Waals surface area contributed by atoms with Gasteiger partial charge in [-0.1, -0.05) is 6.92 Å². The summed E-state index contributed by atoms with van der Waals surface area (Å²) in [5.41, 5.74) is 6.72. The summed E-state index contributed by atoms with van der Waals surface area (Å²) in [4.78, 5) is 12.0. The molecule has 19 heavy (non-hydrogen) atoms. The van der Waals surface area contributed by atoms with E-state index in [2.05, 4.69) is 6.92 Å². The number of rotatable bonds is 3. The number of hydrogen-bond donors (Lipinski definition) is 1. The van der Waals surface area contributed by atoms with E-state index in [0.717, 1.165) is 31.6 Å². The maximum Gasteiger partial charge on any atom is 0.338 e. The molecule has 0 atom stereocenters. The second kappa shape index (κ2) is 5.95. The van der Waals surface area contributed by atoms with E-state index in [0.29, 0.717) is 17.0 Å². The minimum atomic E-state index is -0.297. The summed E-state index contributed by atoms with van der Waals surface area (Å²) in [5, 5.41) is 0. The normalized spacial score (nSPS) is 22.8. The fourth-order valence-corrected chi connectivity index (χ4v) is 2.43. The summed E-state index contributed by atoms with van der Waals surface area (Å²) in [6.07, 6.45) is 4.22. The van der Waals surface area contributed by atoms with Gasteiger partial charge >= 0.3 is 5.97 Å². The number of nitrogens with two attached hydrogens (primary N) is 1. The van der Waals surface area contributed by atoms with Gasteiger partial charge in [-0.05, 0) is 49.8 Å². The van der Waals surface area contributed by atoms with Crippen LogP contribution in [0, 0.1) is 5.92 Å². The Morgan fingerprint density at radius 3 is 2.53 bits per heavy atom. The third kappa shape index (κ3) is 3.40. The number of nitrogen functional groups attached to an aromatic ring is 1. The minimum Gasteiger partial charge on any atom is -0.495 e. The largest absolute Gasteiger partial charge is 0.495 e. The Labute approximate surface area is 113 Å². The van der Waals surface area contributed by atoms with Gasteiger partial charge in [0, 0.05) is 0 Å². The highest BCUT2D eigenvalue weighted by molar-refractivity contribution is 5.91. The number of hydrogen-bond acceptors (Lipinski definition) is 4. The van der Waals surface area contributed by atoms with Crippen molar-refractivity contribution in [3.63, 3.8) is 0 Å². The zero-order valence-electron chi connectivity index (χ0n) is 11.5. The Morgan fingerprint density at radius 1 is 1.26 bits per heavy atom. The molecule has 1 saturated carbocycles. The van der Waals surface area contributed by atoms with Crippen LogP contribution in [0.4, 0.5) is 5.69 Å². The van der Waals surface area contributed by atoms with Gasteiger partial charge in [-0.15, -0.1) is 0 Å². The van der Waals surface area contributed by atoms with Crippen LogP contribution in [0.2, 0.25) is 0 Å². The molecule has 0 amide bonds. The van der Waals surface area contributed by atoms with Crippen molar-refractivity contribution in [2.75, 3.05) is 12.8 Å². The molecule has 104 valence electrons. The van der Waals surface area contributed by atoms with Crippen molar-refractivity contribution in [1.29, 1.82) is 0 Å². The van der Waals surface area contributed by atoms with E-state index in [1.807, 2.05) is 0 Å². The van der Waals surface area contributed by atoms with Gasteiger partial charge in [-0.25, -0.2) is 4.79 Å². The average Bonchev–Trinajstić information content (AvgIpc) is 2.41. The van der Waals surface area contributed by atoms with E-state index in [9.17, 15) is 4.79 Å². The van der Waals surface area contributed by atoms with Gasteiger partial charge in [0.25, 0.3) is 0 Å². The first-order valence-electron chi connectivity index (χ1n) is 6.74. The topological polar surface area (TPSA) is 61.5 Å². The van der Waals surface area contributed by atoms with E-state index >= 15 is 0 Å². The molecule has 0 aliphatic heterocycles. The lowest BCUT2D eigenvalue weighted by Gasteiger charge is -2.26. The third-order valence-corrected chi connectivity index (χ3v) is 3.70. The summed E-state index contributed by atoms with van der Waals surface area (Å²) in [6, 6.07) is 4.98. The molecule has 1 aliphatic carbocycles. The molecule has 1 fully saturated rings. The Balaban J connectivity index is 1.98. The summed E-state index contributed by atoms with van der Waals surface area (Å²) in [5.74, 6) is 1.02. The zero-order chi connectivity index (χ0) is 13.8. The van der Waals surface area contributed by atoms with Crippen LogP contribution >= 0.6 is 0 Å². The van der Waals surface area contributed by atoms with Crippen LogP contribution < -0.4 is 10.5 Å². The molecule has 0 saturated heterocycles. The van der Waals surface area contributed by atoms with Crippen molar-refractivity contribution in [1.82, 2.24) is 0 Å². The first-order chi connectivity index (χ1) is 9.10. The molecule has 0 heterocycles. The van der Waals surface area contributed by atoms with Crippen molar-refractivity contribution in [2.24, 2.45) is 5.92 Å². The molecule has 0 radical (unpaired) electrons. The predicted octanol–water partition coefficient (Wildman–Crippen LogP) is 3.01. The Hall–Kier alpha value is -1.71. The molecule has 1 aromatic carbocycles. The van der Waals surface area contributed by atoms with E-state index in [4.69, 9.17) is 15.2 Å². The number of methoxy groups -OCH3 is 1. The van der Waals surface area contributed by atoms with E-state index < -0.39 is 0 Å². The Bertz CT molecular complexity index is 451. The van der Waals surface area contributed by atoms with Crippen molar-refractivity contribution in [3.8, 4) is 5.75 Å². The van der Waals surface area contributed by atoms with Gasteiger partial charge in [0.05, 0.1) is 18.4 Å². The fraction of sp³-hybridized carbons (Fsp3) is 0.533. The first kappa shape index (κ1) is 13.7. The van der Waals surface area contributed by atoms with Crippen molar-refractivity contribution >= 4 is 11.7 Å². The minimum absolute atomic E-state index is 0.0482. The second-order valence-electron chi connectivity index (χ2n) is 5.24. The van der Waals surface area contributed by atoms with Gasteiger partial charge in [0.1, 0.15) is 11.9 Å². The molecule has 1 aliphatic rings. The molecule has 2 rings (SSSR count). The molecule has 4 nitrogen and oxygen atoms in total. The molecule has 2 N–H and O–H groups in total. The summed E-state index contributed by atoms with van der Waals surface area (Å²) in [7, 11) is 1.55. The monoisotopic (exact) mass is 263 g/mol. The van der Waals surface area contributed by atoms with Crippen LogP contribution in [0.15, 0.2) is 18.2 Å². The van der Waals surface area contributed by atoms with Crippen LogP contribution in [-0.2, 0) is 4.74 Å². The summed E-state index contributed by atoms with van der Waals surface area (Å²) < 4.78 is 10.6. The number of benzene rings is 1. The lowest BCUT2D eigenvalue weighted by atomic mass is 9.89. The van der Waals surface area contributed by atoms with E-state index in [-0.39, 0.29) is 12.1 Å². The van der Waals surface area contributed by atoms with Gasteiger partial charge in [-0.3, -0.25) is 0 Å². The SMILES string of the molecule is COc1ccc(C(=O)OC2CCC(C)CC2)cc1N. The van der Waals surface area contributed by atoms with Gasteiger partial charge < -0.3 is 15.2 Å². The molecule has 0 unspecified atom stereocenters. The van der Waals surface area contributed by atoms with Crippen molar-refractivity contribution in [2.45, 2.75) is 38.7 Å². The van der Waals surface area contributed by atoms with Gasteiger partial charge in [-0.2, -0.15) is 0 Å². The lowest BCUT2D eigenvalue weighted by Crippen LogP contribution is -2.23. The van der Waals surface area contributed by atoms with Gasteiger partial charge in [0.15, 0.2) is 0 Å². The zero-order valence-corrected chi connectivity index (χ0v) is 11.5. The summed E-state index contributed by atoms with van der Waals surface area (Å²) >= 11 is 0. The second-order valence-corrected chi connectivity index (χ2v) is 5.24. The highest BCUT2D eigenvalue weighted by atomic mass is 16.5. The van der Waals surface area contributed by atoms with E-state index in [1.165, 1.54) is 0 Å². The lowest BCUT2D eigenvalue weighted by molar-refractivity contribution is 0.0174. The van der Waals surface area contributed by atoms with Crippen molar-refractivity contribution in [3.05, 3.63) is 23.8 Å². The maximum absolute atomic E-state index is 12.0. The van der Waals surface area contributed by atoms with Crippen molar-refractivity contribution < 1.29 is 14.3 Å². The Kier molecular flexibility index (Phi) is 4.30. The molecule has 4 heteroatoms. The Morgan fingerprint density at radius 2 is 1.95 bits per heavy atom. The van der Waals surface area contributed by atoms with Crippen LogP contribution in [0.1, 0.15) is 43.0 Å². The standard InChI is InChI=1S/C15H21NO3/c1-10-3-6-12(7-4-10)19-15(17)11-5-8-14(18-2)13(16)9-11/h5,8-10,12H,3-4,6-7,16H2,1-2H3. The smallest absolute Gasteiger partial charge is 0.338 e. The number of ether oxygens (including phenoxy) is 2. The highest BCUT2D eigenvalue weighted by Gasteiger charge is 2.22. The first-order valence-corrected chi connectivity index (χ1v) is 6.74. The molecule has 0 spiro atoms. The van der Waals surface area contributed by atoms with Crippen LogP contribution in [-0.4, -0.2) is 19.2 Å². The number of anilines is 1. The molecular weight excluding hydrogens is 242 g/mol. The predicted molar refractivity (Wildman–Crippen MR) is 74.2 cm³/mol. The van der Waals surface area contributed by atoms with Gasteiger partial charge in [0.2, 0.25) is 0 Å². The maximum atomic E-state index is 12.0. The van der Waals surface area contributed by atoms with Crippen LogP contribution in [0.3, 0.4) is 0 Å². The molecule has 0 bridgehead atoms. The van der Waals surface area contributed by atoms with Crippen LogP contribution in [0.25, 0.3) is 0 Å². The number of carbonyl (C=O) groups is 1. The highest BCUT2D eigenvalue weighted by Crippen LogP contribution is 2.27. The molecular formula is C15H21NO3. The summed E-state index contributed by atoms with van der Waals surface area (Å²) in [6.45, 7) is 2.24. The third-order valence-electron chi connectivity index (χ3n) is 3.70. The van der Waals surface area contributed by atoms with Crippen LogP contribution in [0.5, 0.6) is 5.75 Å². The molecule has 1 aromatic rings. The average molecular weight is 263 g/mol. The quantitative estimate of drug-likeness (QED) is 0.672.